The number of carbonyl (C=O) groups is 2. The molecule has 3 rings (SSSR count). The van der Waals surface area contributed by atoms with Crippen LogP contribution in [-0.4, -0.2) is 29.4 Å². The first kappa shape index (κ1) is 13.0. The van der Waals surface area contributed by atoms with E-state index in [1.165, 1.54) is 12.8 Å². The van der Waals surface area contributed by atoms with Crippen molar-refractivity contribution < 1.29 is 9.59 Å². The maximum Gasteiger partial charge on any atom is 0.317 e. The number of likely N-dealkylation sites (tertiary alicyclic amines) is 1. The molecule has 20 heavy (non-hydrogen) atoms. The summed E-state index contributed by atoms with van der Waals surface area (Å²) in [5.41, 5.74) is 6.64. The first-order chi connectivity index (χ1) is 9.63. The van der Waals surface area contributed by atoms with E-state index in [9.17, 15) is 9.59 Å². The molecule has 2 unspecified atom stereocenters. The molecule has 1 aliphatic carbocycles. The third-order valence-electron chi connectivity index (χ3n) is 4.35. The Morgan fingerprint density at radius 3 is 2.55 bits per heavy atom. The van der Waals surface area contributed by atoms with E-state index in [1.807, 2.05) is 17.0 Å². The largest absolute Gasteiger partial charge is 0.366 e. The highest BCUT2D eigenvalue weighted by Crippen LogP contribution is 2.37. The summed E-state index contributed by atoms with van der Waals surface area (Å²) >= 11 is 0. The molecule has 1 aromatic rings. The quantitative estimate of drug-likeness (QED) is 0.875. The van der Waals surface area contributed by atoms with Crippen LogP contribution in [0.5, 0.6) is 0 Å². The SMILES string of the molecule is NC(=O)c1ccc(CNC(=O)N2CC3CCC2C3)cc1. The Kier molecular flexibility index (Phi) is 3.34. The molecule has 0 spiro atoms. The zero-order valence-electron chi connectivity index (χ0n) is 11.3. The van der Waals surface area contributed by atoms with Gasteiger partial charge in [-0.25, -0.2) is 4.79 Å². The van der Waals surface area contributed by atoms with Gasteiger partial charge in [-0.15, -0.1) is 0 Å². The predicted octanol–water partition coefficient (Wildman–Crippen LogP) is 1.48. The predicted molar refractivity (Wildman–Crippen MR) is 75.0 cm³/mol. The van der Waals surface area contributed by atoms with Crippen LogP contribution in [0.4, 0.5) is 4.79 Å². The van der Waals surface area contributed by atoms with E-state index in [0.29, 0.717) is 24.1 Å². The first-order valence-electron chi connectivity index (χ1n) is 7.06. The lowest BCUT2D eigenvalue weighted by atomic mass is 10.1. The molecule has 1 aliphatic heterocycles. The molecule has 106 valence electrons. The van der Waals surface area contributed by atoms with Crippen molar-refractivity contribution in [3.63, 3.8) is 0 Å². The highest BCUT2D eigenvalue weighted by molar-refractivity contribution is 5.92. The minimum absolute atomic E-state index is 0.0242. The highest BCUT2D eigenvalue weighted by atomic mass is 16.2. The van der Waals surface area contributed by atoms with Gasteiger partial charge in [0.2, 0.25) is 5.91 Å². The summed E-state index contributed by atoms with van der Waals surface area (Å²) in [6.07, 6.45) is 3.58. The summed E-state index contributed by atoms with van der Waals surface area (Å²) in [6.45, 7) is 1.38. The fourth-order valence-electron chi connectivity index (χ4n) is 3.24. The topological polar surface area (TPSA) is 75.4 Å². The van der Waals surface area contributed by atoms with Gasteiger partial charge in [0.25, 0.3) is 0 Å². The minimum atomic E-state index is -0.436. The number of amides is 3. The summed E-state index contributed by atoms with van der Waals surface area (Å²) < 4.78 is 0. The Morgan fingerprint density at radius 1 is 1.25 bits per heavy atom. The molecular formula is C15H19N3O2. The standard InChI is InChI=1S/C15H19N3O2/c16-14(19)12-4-1-10(2-5-12)8-17-15(20)18-9-11-3-6-13(18)7-11/h1-2,4-5,11,13H,3,6-9H2,(H2,16,19)(H,17,20). The number of hydrogen-bond acceptors (Lipinski definition) is 2. The molecule has 2 atom stereocenters. The zero-order chi connectivity index (χ0) is 14.1. The number of piperidine rings is 1. The van der Waals surface area contributed by atoms with Crippen LogP contribution < -0.4 is 11.1 Å². The van der Waals surface area contributed by atoms with Crippen molar-refractivity contribution >= 4 is 11.9 Å². The second kappa shape index (κ2) is 5.15. The normalized spacial score (nSPS) is 23.9. The average molecular weight is 273 g/mol. The number of carbonyl (C=O) groups excluding carboxylic acids is 2. The average Bonchev–Trinajstić information content (AvgIpc) is 3.08. The number of fused-ring (bicyclic) bond motifs is 2. The third kappa shape index (κ3) is 2.48. The Morgan fingerprint density at radius 2 is 2.00 bits per heavy atom. The number of primary amides is 1. The molecule has 2 bridgehead atoms. The Labute approximate surface area is 118 Å². The summed E-state index contributed by atoms with van der Waals surface area (Å²) in [5.74, 6) is 0.272. The van der Waals surface area contributed by atoms with Gasteiger partial charge >= 0.3 is 6.03 Å². The van der Waals surface area contributed by atoms with Gasteiger partial charge in [-0.1, -0.05) is 12.1 Å². The molecule has 0 aromatic heterocycles. The Bertz CT molecular complexity index is 526. The van der Waals surface area contributed by atoms with E-state index in [4.69, 9.17) is 5.73 Å². The molecule has 5 heteroatoms. The summed E-state index contributed by atoms with van der Waals surface area (Å²) in [7, 11) is 0. The van der Waals surface area contributed by atoms with Crippen LogP contribution in [0, 0.1) is 5.92 Å². The molecule has 1 heterocycles. The molecule has 1 saturated carbocycles. The molecule has 0 radical (unpaired) electrons. The van der Waals surface area contributed by atoms with Gasteiger partial charge in [-0.2, -0.15) is 0 Å². The van der Waals surface area contributed by atoms with E-state index < -0.39 is 5.91 Å². The molecule has 3 N–H and O–H groups in total. The molecule has 1 aromatic carbocycles. The van der Waals surface area contributed by atoms with Crippen LogP contribution in [0.15, 0.2) is 24.3 Å². The van der Waals surface area contributed by atoms with Crippen molar-refractivity contribution in [1.82, 2.24) is 10.2 Å². The van der Waals surface area contributed by atoms with Crippen molar-refractivity contribution in [2.45, 2.75) is 31.8 Å². The van der Waals surface area contributed by atoms with Crippen molar-refractivity contribution in [3.8, 4) is 0 Å². The van der Waals surface area contributed by atoms with Gasteiger partial charge in [0.1, 0.15) is 0 Å². The van der Waals surface area contributed by atoms with E-state index >= 15 is 0 Å². The maximum absolute atomic E-state index is 12.1. The summed E-state index contributed by atoms with van der Waals surface area (Å²) in [5, 5.41) is 2.95. The number of benzene rings is 1. The number of urea groups is 1. The van der Waals surface area contributed by atoms with E-state index in [0.717, 1.165) is 18.5 Å². The number of nitrogens with one attached hydrogen (secondary N) is 1. The molecule has 3 amide bonds. The number of nitrogens with zero attached hydrogens (tertiary/aromatic N) is 1. The summed E-state index contributed by atoms with van der Waals surface area (Å²) in [6, 6.07) is 7.46. The zero-order valence-corrected chi connectivity index (χ0v) is 11.3. The van der Waals surface area contributed by atoms with Crippen molar-refractivity contribution in [1.29, 1.82) is 0 Å². The monoisotopic (exact) mass is 273 g/mol. The fraction of sp³-hybridized carbons (Fsp3) is 0.467. The van der Waals surface area contributed by atoms with Crippen LogP contribution in [0.1, 0.15) is 35.2 Å². The second-order valence-corrected chi connectivity index (χ2v) is 5.71. The molecular weight excluding hydrogens is 254 g/mol. The lowest BCUT2D eigenvalue weighted by molar-refractivity contribution is 0.1000. The molecule has 5 nitrogen and oxygen atoms in total. The first-order valence-corrected chi connectivity index (χ1v) is 7.06. The van der Waals surface area contributed by atoms with Crippen molar-refractivity contribution in [2.24, 2.45) is 11.7 Å². The van der Waals surface area contributed by atoms with Gasteiger partial charge in [0.05, 0.1) is 0 Å². The lowest BCUT2D eigenvalue weighted by Gasteiger charge is -2.27. The smallest absolute Gasteiger partial charge is 0.317 e. The fourth-order valence-corrected chi connectivity index (χ4v) is 3.24. The Hall–Kier alpha value is -2.04. The van der Waals surface area contributed by atoms with Gasteiger partial charge < -0.3 is 16.0 Å². The van der Waals surface area contributed by atoms with Crippen LogP contribution in [-0.2, 0) is 6.54 Å². The van der Waals surface area contributed by atoms with Crippen LogP contribution >= 0.6 is 0 Å². The van der Waals surface area contributed by atoms with Gasteiger partial charge in [0.15, 0.2) is 0 Å². The maximum atomic E-state index is 12.1. The van der Waals surface area contributed by atoms with Crippen molar-refractivity contribution in [2.75, 3.05) is 6.54 Å². The van der Waals surface area contributed by atoms with Gasteiger partial charge in [-0.3, -0.25) is 4.79 Å². The van der Waals surface area contributed by atoms with E-state index in [2.05, 4.69) is 5.32 Å². The lowest BCUT2D eigenvalue weighted by Crippen LogP contribution is -2.43. The Balaban J connectivity index is 1.54. The summed E-state index contributed by atoms with van der Waals surface area (Å²) in [4.78, 5) is 25.1. The minimum Gasteiger partial charge on any atom is -0.366 e. The van der Waals surface area contributed by atoms with E-state index in [1.54, 1.807) is 12.1 Å². The number of rotatable bonds is 3. The van der Waals surface area contributed by atoms with Gasteiger partial charge in [0, 0.05) is 24.7 Å². The molecule has 2 fully saturated rings. The molecule has 2 aliphatic rings. The van der Waals surface area contributed by atoms with Gasteiger partial charge in [-0.05, 0) is 42.9 Å². The van der Waals surface area contributed by atoms with E-state index in [-0.39, 0.29) is 6.03 Å². The van der Waals surface area contributed by atoms with Crippen LogP contribution in [0.25, 0.3) is 0 Å². The number of nitrogens with two attached hydrogens (primary N) is 1. The number of hydrogen-bond donors (Lipinski definition) is 2. The van der Waals surface area contributed by atoms with Crippen LogP contribution in [0.3, 0.4) is 0 Å². The van der Waals surface area contributed by atoms with Crippen molar-refractivity contribution in [3.05, 3.63) is 35.4 Å². The highest BCUT2D eigenvalue weighted by Gasteiger charge is 2.40. The second-order valence-electron chi connectivity index (χ2n) is 5.71. The van der Waals surface area contributed by atoms with Crippen LogP contribution in [0.2, 0.25) is 0 Å². The third-order valence-corrected chi connectivity index (χ3v) is 4.35. The molecule has 1 saturated heterocycles.